The number of hydrogen-bond acceptors (Lipinski definition) is 2. The Morgan fingerprint density at radius 1 is 0.750 bits per heavy atom. The predicted molar refractivity (Wildman–Crippen MR) is 92.5 cm³/mol. The molecule has 0 amide bonds. The van der Waals surface area contributed by atoms with Gasteiger partial charge >= 0.3 is 0 Å². The molecule has 0 unspecified atom stereocenters. The van der Waals surface area contributed by atoms with Crippen LogP contribution in [0.15, 0.2) is 42.5 Å². The van der Waals surface area contributed by atoms with E-state index in [1.54, 1.807) is 9.80 Å². The van der Waals surface area contributed by atoms with Crippen molar-refractivity contribution < 1.29 is 19.3 Å². The van der Waals surface area contributed by atoms with Crippen molar-refractivity contribution in [2.24, 2.45) is 0 Å². The van der Waals surface area contributed by atoms with Crippen LogP contribution in [0.2, 0.25) is 0 Å². The van der Waals surface area contributed by atoms with Crippen LogP contribution in [-0.2, 0) is 13.1 Å². The molecule has 0 atom stereocenters. The minimum Gasteiger partial charge on any atom is -0.454 e. The minimum absolute atomic E-state index is 0.354. The molecule has 126 valence electrons. The Balaban J connectivity index is 1.29. The Bertz CT molecular complexity index is 691. The molecule has 1 saturated heterocycles. The van der Waals surface area contributed by atoms with Gasteiger partial charge in [0.25, 0.3) is 0 Å². The summed E-state index contributed by atoms with van der Waals surface area (Å²) in [6.07, 6.45) is 0. The maximum atomic E-state index is 5.48. The second-order valence-corrected chi connectivity index (χ2v) is 7.03. The lowest BCUT2D eigenvalue weighted by Crippen LogP contribution is -3.27. The molecule has 4 heteroatoms. The number of benzene rings is 2. The summed E-state index contributed by atoms with van der Waals surface area (Å²) in [5, 5.41) is 0. The fourth-order valence-electron chi connectivity index (χ4n) is 3.64. The molecule has 2 aromatic carbocycles. The Kier molecular flexibility index (Phi) is 4.41. The zero-order chi connectivity index (χ0) is 16.4. The van der Waals surface area contributed by atoms with Crippen molar-refractivity contribution in [1.82, 2.24) is 0 Å². The van der Waals surface area contributed by atoms with Gasteiger partial charge in [0, 0.05) is 11.1 Å². The van der Waals surface area contributed by atoms with E-state index in [4.69, 9.17) is 9.47 Å². The first-order chi connectivity index (χ1) is 11.8. The molecule has 2 aliphatic heterocycles. The SMILES string of the molecule is Cc1ccc(C[NH+]2CC[NH+](Cc3ccc4c(c3)OCO4)CC2)cc1. The van der Waals surface area contributed by atoms with E-state index >= 15 is 0 Å². The van der Waals surface area contributed by atoms with Gasteiger partial charge in [-0.1, -0.05) is 29.8 Å². The predicted octanol–water partition coefficient (Wildman–Crippen LogP) is 0.207. The normalized spacial score (nSPS) is 22.5. The molecule has 0 aliphatic carbocycles. The van der Waals surface area contributed by atoms with Crippen molar-refractivity contribution in [3.63, 3.8) is 0 Å². The van der Waals surface area contributed by atoms with Gasteiger partial charge in [-0.15, -0.1) is 0 Å². The smallest absolute Gasteiger partial charge is 0.231 e. The maximum absolute atomic E-state index is 5.48. The maximum Gasteiger partial charge on any atom is 0.231 e. The molecule has 0 radical (unpaired) electrons. The highest BCUT2D eigenvalue weighted by molar-refractivity contribution is 5.44. The first-order valence-electron chi connectivity index (χ1n) is 8.87. The van der Waals surface area contributed by atoms with Gasteiger partial charge in [0.05, 0.1) is 0 Å². The van der Waals surface area contributed by atoms with Gasteiger partial charge in [0.15, 0.2) is 11.5 Å². The number of fused-ring (bicyclic) bond motifs is 1. The molecule has 2 heterocycles. The van der Waals surface area contributed by atoms with Crippen molar-refractivity contribution in [3.8, 4) is 11.5 Å². The lowest BCUT2D eigenvalue weighted by atomic mass is 10.1. The topological polar surface area (TPSA) is 27.3 Å². The third kappa shape index (κ3) is 3.55. The minimum atomic E-state index is 0.354. The van der Waals surface area contributed by atoms with Crippen molar-refractivity contribution in [2.75, 3.05) is 33.0 Å². The number of aryl methyl sites for hydroxylation is 1. The van der Waals surface area contributed by atoms with E-state index in [-0.39, 0.29) is 0 Å². The lowest BCUT2D eigenvalue weighted by molar-refractivity contribution is -1.02. The van der Waals surface area contributed by atoms with Gasteiger partial charge in [0.2, 0.25) is 6.79 Å². The molecule has 24 heavy (non-hydrogen) atoms. The van der Waals surface area contributed by atoms with Crippen molar-refractivity contribution in [2.45, 2.75) is 20.0 Å². The number of nitrogens with one attached hydrogen (secondary N) is 2. The van der Waals surface area contributed by atoms with Crippen LogP contribution in [0, 0.1) is 6.92 Å². The van der Waals surface area contributed by atoms with Crippen LogP contribution in [0.25, 0.3) is 0 Å². The number of hydrogen-bond donors (Lipinski definition) is 2. The van der Waals surface area contributed by atoms with Gasteiger partial charge in [-0.05, 0) is 25.1 Å². The number of ether oxygens (including phenoxy) is 2. The average molecular weight is 326 g/mol. The fourth-order valence-corrected chi connectivity index (χ4v) is 3.64. The van der Waals surface area contributed by atoms with E-state index in [2.05, 4.69) is 43.3 Å². The molecule has 4 nitrogen and oxygen atoms in total. The molecule has 2 aromatic rings. The summed E-state index contributed by atoms with van der Waals surface area (Å²) in [5.41, 5.74) is 4.14. The molecule has 0 bridgehead atoms. The molecule has 2 N–H and O–H groups in total. The molecule has 0 saturated carbocycles. The van der Waals surface area contributed by atoms with Crippen LogP contribution in [0.1, 0.15) is 16.7 Å². The number of piperazine rings is 1. The summed E-state index contributed by atoms with van der Waals surface area (Å²) in [6.45, 7) is 9.68. The average Bonchev–Trinajstić information content (AvgIpc) is 3.06. The third-order valence-corrected chi connectivity index (χ3v) is 5.13. The third-order valence-electron chi connectivity index (χ3n) is 5.13. The monoisotopic (exact) mass is 326 g/mol. The van der Waals surface area contributed by atoms with Crippen LogP contribution < -0.4 is 19.3 Å². The van der Waals surface area contributed by atoms with Gasteiger partial charge < -0.3 is 19.3 Å². The highest BCUT2D eigenvalue weighted by atomic mass is 16.7. The molecule has 2 aliphatic rings. The van der Waals surface area contributed by atoms with E-state index < -0.39 is 0 Å². The largest absolute Gasteiger partial charge is 0.454 e. The lowest BCUT2D eigenvalue weighted by Gasteiger charge is -2.29. The second-order valence-electron chi connectivity index (χ2n) is 7.03. The molecule has 0 aromatic heterocycles. The summed E-state index contributed by atoms with van der Waals surface area (Å²) in [7, 11) is 0. The van der Waals surface area contributed by atoms with Crippen molar-refractivity contribution in [1.29, 1.82) is 0 Å². The van der Waals surface area contributed by atoms with E-state index in [0.29, 0.717) is 6.79 Å². The number of rotatable bonds is 4. The zero-order valence-corrected chi connectivity index (χ0v) is 14.3. The van der Waals surface area contributed by atoms with Gasteiger partial charge in [0.1, 0.15) is 39.3 Å². The Morgan fingerprint density at radius 3 is 2.04 bits per heavy atom. The van der Waals surface area contributed by atoms with Crippen LogP contribution in [-0.4, -0.2) is 33.0 Å². The van der Waals surface area contributed by atoms with Crippen LogP contribution >= 0.6 is 0 Å². The Morgan fingerprint density at radius 2 is 1.33 bits per heavy atom. The van der Waals surface area contributed by atoms with Crippen LogP contribution in [0.4, 0.5) is 0 Å². The van der Waals surface area contributed by atoms with Crippen LogP contribution in [0.5, 0.6) is 11.5 Å². The zero-order valence-electron chi connectivity index (χ0n) is 14.3. The van der Waals surface area contributed by atoms with Crippen molar-refractivity contribution >= 4 is 0 Å². The highest BCUT2D eigenvalue weighted by Crippen LogP contribution is 2.32. The standard InChI is InChI=1S/C20H24N2O2/c1-16-2-4-17(5-3-16)13-21-8-10-22(11-9-21)14-18-6-7-19-20(12-18)24-15-23-19/h2-7,12H,8-11,13-15H2,1H3/p+2. The Labute approximate surface area is 143 Å². The molecule has 0 spiro atoms. The van der Waals surface area contributed by atoms with Gasteiger partial charge in [-0.25, -0.2) is 0 Å². The molecule has 4 rings (SSSR count). The summed E-state index contributed by atoms with van der Waals surface area (Å²) < 4.78 is 10.9. The quantitative estimate of drug-likeness (QED) is 0.840. The van der Waals surface area contributed by atoms with Crippen molar-refractivity contribution in [3.05, 3.63) is 59.2 Å². The van der Waals surface area contributed by atoms with E-state index in [9.17, 15) is 0 Å². The fraction of sp³-hybridized carbons (Fsp3) is 0.400. The molecular formula is C20H26N2O2+2. The summed E-state index contributed by atoms with van der Waals surface area (Å²) in [5.74, 6) is 1.77. The highest BCUT2D eigenvalue weighted by Gasteiger charge is 2.24. The van der Waals surface area contributed by atoms with Gasteiger partial charge in [-0.3, -0.25) is 0 Å². The van der Waals surface area contributed by atoms with Crippen LogP contribution in [0.3, 0.4) is 0 Å². The molecule has 1 fully saturated rings. The summed E-state index contributed by atoms with van der Waals surface area (Å²) in [4.78, 5) is 3.37. The summed E-state index contributed by atoms with van der Waals surface area (Å²) in [6, 6.07) is 15.3. The first-order valence-corrected chi connectivity index (χ1v) is 8.87. The van der Waals surface area contributed by atoms with E-state index in [1.807, 2.05) is 6.07 Å². The van der Waals surface area contributed by atoms with E-state index in [0.717, 1.165) is 24.6 Å². The number of quaternary nitrogens is 2. The van der Waals surface area contributed by atoms with E-state index in [1.165, 1.54) is 42.9 Å². The second kappa shape index (κ2) is 6.83. The summed E-state index contributed by atoms with van der Waals surface area (Å²) >= 11 is 0. The first kappa shape index (κ1) is 15.5. The molecular weight excluding hydrogens is 300 g/mol. The Hall–Kier alpha value is -2.04. The van der Waals surface area contributed by atoms with Gasteiger partial charge in [-0.2, -0.15) is 0 Å².